The van der Waals surface area contributed by atoms with E-state index < -0.39 is 12.0 Å². The molecule has 0 aromatic heterocycles. The molecule has 2 atom stereocenters. The van der Waals surface area contributed by atoms with Crippen LogP contribution in [0.4, 0.5) is 0 Å². The zero-order chi connectivity index (χ0) is 13.5. The quantitative estimate of drug-likeness (QED) is 0.806. The van der Waals surface area contributed by atoms with Gasteiger partial charge < -0.3 is 5.11 Å². The number of carbonyl (C=O) groups is 1. The summed E-state index contributed by atoms with van der Waals surface area (Å²) in [5.41, 5.74) is 1.09. The van der Waals surface area contributed by atoms with Gasteiger partial charge in [-0.15, -0.1) is 0 Å². The van der Waals surface area contributed by atoms with Crippen LogP contribution in [0.2, 0.25) is 0 Å². The Kier molecular flexibility index (Phi) is 6.36. The van der Waals surface area contributed by atoms with Crippen molar-refractivity contribution < 1.29 is 9.90 Å². The monoisotopic (exact) mass is 313 g/mol. The highest BCUT2D eigenvalue weighted by Crippen LogP contribution is 2.19. The van der Waals surface area contributed by atoms with Gasteiger partial charge in [0, 0.05) is 10.5 Å². The van der Waals surface area contributed by atoms with Gasteiger partial charge in [0.15, 0.2) is 0 Å². The van der Waals surface area contributed by atoms with E-state index in [-0.39, 0.29) is 6.04 Å². The molecular formula is C14H20BrNO2. The van der Waals surface area contributed by atoms with E-state index in [1.54, 1.807) is 0 Å². The Bertz CT molecular complexity index is 395. The minimum absolute atomic E-state index is 0.0282. The van der Waals surface area contributed by atoms with E-state index in [9.17, 15) is 9.90 Å². The molecule has 4 heteroatoms. The zero-order valence-corrected chi connectivity index (χ0v) is 12.4. The molecule has 0 radical (unpaired) electrons. The average Bonchev–Trinajstić information content (AvgIpc) is 2.33. The predicted molar refractivity (Wildman–Crippen MR) is 76.6 cm³/mol. The van der Waals surface area contributed by atoms with Crippen LogP contribution < -0.4 is 5.32 Å². The normalized spacial score (nSPS) is 14.2. The van der Waals surface area contributed by atoms with Crippen molar-refractivity contribution in [2.24, 2.45) is 0 Å². The van der Waals surface area contributed by atoms with Crippen LogP contribution in [0.3, 0.4) is 0 Å². The van der Waals surface area contributed by atoms with Crippen molar-refractivity contribution >= 4 is 21.9 Å². The Labute approximate surface area is 117 Å². The van der Waals surface area contributed by atoms with E-state index in [2.05, 4.69) is 28.2 Å². The topological polar surface area (TPSA) is 49.3 Å². The molecule has 3 nitrogen and oxygen atoms in total. The second kappa shape index (κ2) is 7.54. The maximum Gasteiger partial charge on any atom is 0.320 e. The van der Waals surface area contributed by atoms with E-state index in [1.165, 1.54) is 0 Å². The minimum Gasteiger partial charge on any atom is -0.480 e. The van der Waals surface area contributed by atoms with Crippen LogP contribution in [-0.4, -0.2) is 17.1 Å². The number of carboxylic acid groups (broad SMARTS) is 1. The second-order valence-corrected chi connectivity index (χ2v) is 5.39. The van der Waals surface area contributed by atoms with Gasteiger partial charge in [0.1, 0.15) is 6.04 Å². The fraction of sp³-hybridized carbons (Fsp3) is 0.500. The van der Waals surface area contributed by atoms with Crippen LogP contribution in [0, 0.1) is 0 Å². The number of nitrogens with one attached hydrogen (secondary N) is 1. The highest BCUT2D eigenvalue weighted by atomic mass is 79.9. The summed E-state index contributed by atoms with van der Waals surface area (Å²) in [6.07, 6.45) is 2.61. The lowest BCUT2D eigenvalue weighted by Crippen LogP contribution is -2.38. The van der Waals surface area contributed by atoms with Crippen molar-refractivity contribution in [3.63, 3.8) is 0 Å². The SMILES string of the molecule is CCCCC(NC(C)c1cccc(Br)c1)C(=O)O. The third-order valence-corrected chi connectivity index (χ3v) is 3.44. The molecule has 0 heterocycles. The smallest absolute Gasteiger partial charge is 0.320 e. The van der Waals surface area contributed by atoms with Crippen molar-refractivity contribution in [2.75, 3.05) is 0 Å². The summed E-state index contributed by atoms with van der Waals surface area (Å²) in [5.74, 6) is -0.773. The minimum atomic E-state index is -0.773. The summed E-state index contributed by atoms with van der Waals surface area (Å²) in [6, 6.07) is 7.48. The van der Waals surface area contributed by atoms with Gasteiger partial charge in [-0.25, -0.2) is 0 Å². The average molecular weight is 314 g/mol. The summed E-state index contributed by atoms with van der Waals surface area (Å²) < 4.78 is 1.01. The van der Waals surface area contributed by atoms with Crippen LogP contribution >= 0.6 is 15.9 Å². The van der Waals surface area contributed by atoms with Gasteiger partial charge in [0.25, 0.3) is 0 Å². The van der Waals surface area contributed by atoms with Gasteiger partial charge in [-0.1, -0.05) is 47.8 Å². The molecule has 18 heavy (non-hydrogen) atoms. The molecule has 0 amide bonds. The Hall–Kier alpha value is -0.870. The van der Waals surface area contributed by atoms with Crippen LogP contribution in [0.25, 0.3) is 0 Å². The molecule has 0 saturated heterocycles. The fourth-order valence-corrected chi connectivity index (χ4v) is 2.28. The standard InChI is InChI=1S/C14H20BrNO2/c1-3-4-8-13(14(17)18)16-10(2)11-6-5-7-12(15)9-11/h5-7,9-10,13,16H,3-4,8H2,1-2H3,(H,17,18). The molecule has 0 spiro atoms. The van der Waals surface area contributed by atoms with Crippen molar-refractivity contribution in [1.29, 1.82) is 0 Å². The summed E-state index contributed by atoms with van der Waals surface area (Å²) in [5, 5.41) is 12.4. The first-order valence-corrected chi connectivity index (χ1v) is 7.08. The Morgan fingerprint density at radius 3 is 2.78 bits per heavy atom. The maximum absolute atomic E-state index is 11.2. The third-order valence-electron chi connectivity index (χ3n) is 2.94. The highest BCUT2D eigenvalue weighted by Gasteiger charge is 2.19. The van der Waals surface area contributed by atoms with Crippen molar-refractivity contribution in [2.45, 2.75) is 45.2 Å². The van der Waals surface area contributed by atoms with Crippen molar-refractivity contribution in [3.05, 3.63) is 34.3 Å². The molecule has 2 N–H and O–H groups in total. The van der Waals surface area contributed by atoms with Crippen molar-refractivity contribution in [3.8, 4) is 0 Å². The second-order valence-electron chi connectivity index (χ2n) is 4.48. The first-order valence-electron chi connectivity index (χ1n) is 6.29. The van der Waals surface area contributed by atoms with E-state index in [1.807, 2.05) is 31.2 Å². The lowest BCUT2D eigenvalue weighted by atomic mass is 10.1. The van der Waals surface area contributed by atoms with Gasteiger partial charge in [-0.05, 0) is 31.0 Å². The first kappa shape index (κ1) is 15.2. The van der Waals surface area contributed by atoms with E-state index in [0.717, 1.165) is 22.9 Å². The molecule has 2 unspecified atom stereocenters. The highest BCUT2D eigenvalue weighted by molar-refractivity contribution is 9.10. The molecule has 1 rings (SSSR count). The molecule has 1 aromatic carbocycles. The van der Waals surface area contributed by atoms with Gasteiger partial charge in [-0.3, -0.25) is 10.1 Å². The van der Waals surface area contributed by atoms with Crippen LogP contribution in [-0.2, 0) is 4.79 Å². The summed E-state index contributed by atoms with van der Waals surface area (Å²) >= 11 is 3.42. The molecule has 0 aliphatic carbocycles. The number of hydrogen-bond acceptors (Lipinski definition) is 2. The Balaban J connectivity index is 2.65. The van der Waals surface area contributed by atoms with Crippen LogP contribution in [0.5, 0.6) is 0 Å². The van der Waals surface area contributed by atoms with Gasteiger partial charge >= 0.3 is 5.97 Å². The molecule has 0 aliphatic heterocycles. The Morgan fingerprint density at radius 2 is 2.22 bits per heavy atom. The van der Waals surface area contributed by atoms with E-state index in [4.69, 9.17) is 0 Å². The van der Waals surface area contributed by atoms with Gasteiger partial charge in [0.2, 0.25) is 0 Å². The molecule has 0 aliphatic rings. The van der Waals surface area contributed by atoms with Crippen LogP contribution in [0.15, 0.2) is 28.7 Å². The molecule has 100 valence electrons. The summed E-state index contributed by atoms with van der Waals surface area (Å²) in [6.45, 7) is 4.06. The first-order chi connectivity index (χ1) is 8.54. The van der Waals surface area contributed by atoms with Crippen molar-refractivity contribution in [1.82, 2.24) is 5.32 Å². The number of benzene rings is 1. The van der Waals surface area contributed by atoms with Crippen LogP contribution in [0.1, 0.15) is 44.7 Å². The maximum atomic E-state index is 11.2. The largest absolute Gasteiger partial charge is 0.480 e. The third kappa shape index (κ3) is 4.78. The van der Waals surface area contributed by atoms with E-state index >= 15 is 0 Å². The number of hydrogen-bond donors (Lipinski definition) is 2. The van der Waals surface area contributed by atoms with E-state index in [0.29, 0.717) is 6.42 Å². The molecule has 0 fully saturated rings. The molecule has 1 aromatic rings. The van der Waals surface area contributed by atoms with Gasteiger partial charge in [-0.2, -0.15) is 0 Å². The Morgan fingerprint density at radius 1 is 1.50 bits per heavy atom. The predicted octanol–water partition coefficient (Wildman–Crippen LogP) is 3.74. The van der Waals surface area contributed by atoms with Gasteiger partial charge in [0.05, 0.1) is 0 Å². The fourth-order valence-electron chi connectivity index (χ4n) is 1.86. The molecule has 0 bridgehead atoms. The number of halogens is 1. The molecular weight excluding hydrogens is 294 g/mol. The summed E-state index contributed by atoms with van der Waals surface area (Å²) in [4.78, 5) is 11.2. The number of carboxylic acids is 1. The lowest BCUT2D eigenvalue weighted by molar-refractivity contribution is -0.139. The number of unbranched alkanes of at least 4 members (excludes halogenated alkanes) is 1. The molecule has 0 saturated carbocycles. The lowest BCUT2D eigenvalue weighted by Gasteiger charge is -2.20. The summed E-state index contributed by atoms with van der Waals surface area (Å²) in [7, 11) is 0. The number of rotatable bonds is 7. The number of aliphatic carboxylic acids is 1. The zero-order valence-electron chi connectivity index (χ0n) is 10.8.